The number of hydrogen-bond acceptors (Lipinski definition) is 4. The number of carbonyl (C=O) groups is 1. The predicted molar refractivity (Wildman–Crippen MR) is 88.8 cm³/mol. The number of thiazole rings is 1. The molecule has 1 amide bonds. The molecule has 1 unspecified atom stereocenters. The number of piperidine rings is 1. The lowest BCUT2D eigenvalue weighted by Gasteiger charge is -2.21. The summed E-state index contributed by atoms with van der Waals surface area (Å²) in [5.74, 6) is 0.131. The highest BCUT2D eigenvalue weighted by Crippen LogP contribution is 2.31. The van der Waals surface area contributed by atoms with E-state index in [1.165, 1.54) is 11.3 Å². The number of nitrogens with one attached hydrogen (secondary N) is 2. The van der Waals surface area contributed by atoms with E-state index < -0.39 is 0 Å². The van der Waals surface area contributed by atoms with Gasteiger partial charge in [0, 0.05) is 11.0 Å². The quantitative estimate of drug-likeness (QED) is 0.844. The van der Waals surface area contributed by atoms with Gasteiger partial charge in [0.15, 0.2) is 5.13 Å². The van der Waals surface area contributed by atoms with E-state index >= 15 is 0 Å². The van der Waals surface area contributed by atoms with Gasteiger partial charge in [0.25, 0.3) is 0 Å². The minimum Gasteiger partial charge on any atom is -0.316 e. The van der Waals surface area contributed by atoms with Gasteiger partial charge in [-0.1, -0.05) is 17.4 Å². The summed E-state index contributed by atoms with van der Waals surface area (Å²) in [6.07, 6.45) is 2.01. The van der Waals surface area contributed by atoms with Gasteiger partial charge in [-0.25, -0.2) is 4.98 Å². The van der Waals surface area contributed by atoms with E-state index in [1.807, 2.05) is 18.2 Å². The van der Waals surface area contributed by atoms with Crippen molar-refractivity contribution < 1.29 is 4.79 Å². The summed E-state index contributed by atoms with van der Waals surface area (Å²) in [5, 5.41) is 6.87. The number of nitrogens with zero attached hydrogens (tertiary/aromatic N) is 1. The fourth-order valence-corrected chi connectivity index (χ4v) is 3.73. The molecule has 1 aliphatic heterocycles. The van der Waals surface area contributed by atoms with Gasteiger partial charge in [-0.2, -0.15) is 0 Å². The van der Waals surface area contributed by atoms with Gasteiger partial charge >= 0.3 is 0 Å². The third-order valence-corrected chi connectivity index (χ3v) is 4.84. The second-order valence-electron chi connectivity index (χ2n) is 4.64. The Balaban J connectivity index is 0.00000147. The number of anilines is 1. The number of halogens is 2. The van der Waals surface area contributed by atoms with E-state index in [0.29, 0.717) is 5.13 Å². The van der Waals surface area contributed by atoms with Crippen LogP contribution >= 0.6 is 39.7 Å². The first-order valence-electron chi connectivity index (χ1n) is 6.30. The van der Waals surface area contributed by atoms with Crippen LogP contribution in [0.2, 0.25) is 0 Å². The van der Waals surface area contributed by atoms with Crippen molar-refractivity contribution >= 4 is 60.9 Å². The molecule has 20 heavy (non-hydrogen) atoms. The van der Waals surface area contributed by atoms with Crippen molar-refractivity contribution in [2.75, 3.05) is 18.4 Å². The number of benzene rings is 1. The molecule has 1 saturated heterocycles. The Bertz CT molecular complexity index is 613. The molecule has 1 aromatic carbocycles. The SMILES string of the molecule is Cl.O=C(Nc1nc2c(Br)cccc2s1)C1CCCNC1. The molecule has 0 spiro atoms. The second-order valence-corrected chi connectivity index (χ2v) is 6.52. The van der Waals surface area contributed by atoms with Gasteiger partial charge in [-0.3, -0.25) is 4.79 Å². The molecule has 0 radical (unpaired) electrons. The second kappa shape index (κ2) is 6.85. The van der Waals surface area contributed by atoms with Crippen LogP contribution in [0.3, 0.4) is 0 Å². The molecule has 2 N–H and O–H groups in total. The number of para-hydroxylation sites is 1. The van der Waals surface area contributed by atoms with E-state index in [0.717, 1.165) is 40.6 Å². The molecule has 0 bridgehead atoms. The Hall–Kier alpha value is -0.690. The summed E-state index contributed by atoms with van der Waals surface area (Å²) < 4.78 is 2.03. The van der Waals surface area contributed by atoms with Crippen molar-refractivity contribution in [3.05, 3.63) is 22.7 Å². The van der Waals surface area contributed by atoms with Gasteiger partial charge in [-0.05, 0) is 47.4 Å². The minimum atomic E-state index is 0. The fraction of sp³-hybridized carbons (Fsp3) is 0.385. The molecule has 2 heterocycles. The van der Waals surface area contributed by atoms with E-state index in [-0.39, 0.29) is 24.2 Å². The topological polar surface area (TPSA) is 54.0 Å². The number of carbonyl (C=O) groups excluding carboxylic acids is 1. The Morgan fingerprint density at radius 2 is 2.35 bits per heavy atom. The molecular formula is C13H15BrClN3OS. The van der Waals surface area contributed by atoms with Crippen LogP contribution in [-0.2, 0) is 4.79 Å². The van der Waals surface area contributed by atoms with Crippen LogP contribution in [0.25, 0.3) is 10.2 Å². The smallest absolute Gasteiger partial charge is 0.230 e. The van der Waals surface area contributed by atoms with Crippen LogP contribution in [0.4, 0.5) is 5.13 Å². The summed E-state index contributed by atoms with van der Waals surface area (Å²) in [7, 11) is 0. The molecule has 4 nitrogen and oxygen atoms in total. The largest absolute Gasteiger partial charge is 0.316 e. The van der Waals surface area contributed by atoms with E-state index in [4.69, 9.17) is 0 Å². The normalized spacial score (nSPS) is 18.6. The highest BCUT2D eigenvalue weighted by atomic mass is 79.9. The van der Waals surface area contributed by atoms with E-state index in [9.17, 15) is 4.79 Å². The molecule has 1 aliphatic rings. The van der Waals surface area contributed by atoms with Crippen molar-refractivity contribution in [2.24, 2.45) is 5.92 Å². The van der Waals surface area contributed by atoms with E-state index in [2.05, 4.69) is 31.5 Å². The van der Waals surface area contributed by atoms with Crippen LogP contribution < -0.4 is 10.6 Å². The van der Waals surface area contributed by atoms with Crippen molar-refractivity contribution in [1.29, 1.82) is 0 Å². The predicted octanol–water partition coefficient (Wildman–Crippen LogP) is 3.42. The maximum atomic E-state index is 12.1. The molecule has 0 aliphatic carbocycles. The van der Waals surface area contributed by atoms with Gasteiger partial charge in [-0.15, -0.1) is 12.4 Å². The monoisotopic (exact) mass is 375 g/mol. The number of amides is 1. The molecule has 0 saturated carbocycles. The number of fused-ring (bicyclic) bond motifs is 1. The lowest BCUT2D eigenvalue weighted by atomic mass is 9.99. The molecule has 1 aromatic heterocycles. The highest BCUT2D eigenvalue weighted by Gasteiger charge is 2.21. The minimum absolute atomic E-state index is 0. The van der Waals surface area contributed by atoms with Crippen molar-refractivity contribution in [3.63, 3.8) is 0 Å². The third-order valence-electron chi connectivity index (χ3n) is 3.27. The van der Waals surface area contributed by atoms with E-state index in [1.54, 1.807) is 0 Å². The molecule has 1 atom stereocenters. The summed E-state index contributed by atoms with van der Waals surface area (Å²) in [6.45, 7) is 1.78. The van der Waals surface area contributed by atoms with Crippen LogP contribution in [0.15, 0.2) is 22.7 Å². The standard InChI is InChI=1S/C13H14BrN3OS.ClH/c14-9-4-1-5-10-11(9)16-13(19-10)17-12(18)8-3-2-6-15-7-8;/h1,4-5,8,15H,2-3,6-7H2,(H,16,17,18);1H. The first-order valence-corrected chi connectivity index (χ1v) is 7.91. The maximum absolute atomic E-state index is 12.1. The van der Waals surface area contributed by atoms with Crippen LogP contribution in [0.1, 0.15) is 12.8 Å². The van der Waals surface area contributed by atoms with Crippen molar-refractivity contribution in [2.45, 2.75) is 12.8 Å². The lowest BCUT2D eigenvalue weighted by Crippen LogP contribution is -2.37. The Morgan fingerprint density at radius 1 is 1.50 bits per heavy atom. The van der Waals surface area contributed by atoms with Crippen LogP contribution in [0.5, 0.6) is 0 Å². The van der Waals surface area contributed by atoms with Gasteiger partial charge in [0.05, 0.1) is 16.1 Å². The number of aromatic nitrogens is 1. The molecule has 1 fully saturated rings. The first-order chi connectivity index (χ1) is 9.24. The third kappa shape index (κ3) is 3.31. The zero-order chi connectivity index (χ0) is 13.2. The summed E-state index contributed by atoms with van der Waals surface area (Å²) in [5.41, 5.74) is 0.907. The average molecular weight is 377 g/mol. The summed E-state index contributed by atoms with van der Waals surface area (Å²) in [4.78, 5) is 16.6. The fourth-order valence-electron chi connectivity index (χ4n) is 2.25. The van der Waals surface area contributed by atoms with Crippen molar-refractivity contribution in [3.8, 4) is 0 Å². The molecule has 7 heteroatoms. The Labute approximate surface area is 135 Å². The zero-order valence-electron chi connectivity index (χ0n) is 10.7. The lowest BCUT2D eigenvalue weighted by molar-refractivity contribution is -0.120. The van der Waals surface area contributed by atoms with Gasteiger partial charge < -0.3 is 10.6 Å². The molecule has 3 rings (SSSR count). The van der Waals surface area contributed by atoms with Crippen LogP contribution in [-0.4, -0.2) is 24.0 Å². The van der Waals surface area contributed by atoms with Crippen LogP contribution in [0, 0.1) is 5.92 Å². The number of rotatable bonds is 2. The average Bonchev–Trinajstić information content (AvgIpc) is 2.84. The summed E-state index contributed by atoms with van der Waals surface area (Å²) in [6, 6.07) is 5.94. The van der Waals surface area contributed by atoms with Crippen molar-refractivity contribution in [1.82, 2.24) is 10.3 Å². The van der Waals surface area contributed by atoms with Gasteiger partial charge in [0.2, 0.25) is 5.91 Å². The Kier molecular flexibility index (Phi) is 5.37. The molecule has 108 valence electrons. The molecular weight excluding hydrogens is 362 g/mol. The zero-order valence-corrected chi connectivity index (χ0v) is 13.9. The Morgan fingerprint density at radius 3 is 3.05 bits per heavy atom. The first kappa shape index (κ1) is 15.7. The summed E-state index contributed by atoms with van der Waals surface area (Å²) >= 11 is 4.98. The number of hydrogen-bond donors (Lipinski definition) is 2. The molecule has 2 aromatic rings. The van der Waals surface area contributed by atoms with Gasteiger partial charge in [0.1, 0.15) is 0 Å². The highest BCUT2D eigenvalue weighted by molar-refractivity contribution is 9.10. The maximum Gasteiger partial charge on any atom is 0.230 e.